The van der Waals surface area contributed by atoms with Gasteiger partial charge in [-0.15, -0.1) is 0 Å². The first-order chi connectivity index (χ1) is 6.22. The molecule has 0 fully saturated rings. The van der Waals surface area contributed by atoms with Crippen LogP contribution in [0.4, 0.5) is 0 Å². The summed E-state index contributed by atoms with van der Waals surface area (Å²) in [6.45, 7) is 0. The summed E-state index contributed by atoms with van der Waals surface area (Å²) in [5.41, 5.74) is 1.06. The molecule has 0 bridgehead atoms. The predicted octanol–water partition coefficient (Wildman–Crippen LogP) is 1.59. The molecule has 3 heteroatoms. The third-order valence-corrected chi connectivity index (χ3v) is 1.55. The largest absolute Gasteiger partial charge is 0.497 e. The summed E-state index contributed by atoms with van der Waals surface area (Å²) in [7, 11) is 5.43. The third kappa shape index (κ3) is 3.15. The van der Waals surface area contributed by atoms with E-state index in [-0.39, 0.29) is 0 Å². The summed E-state index contributed by atoms with van der Waals surface area (Å²) in [6, 6.07) is 7.76. The normalized spacial score (nSPS) is 10.4. The van der Waals surface area contributed by atoms with E-state index in [1.54, 1.807) is 18.3 Å². The van der Waals surface area contributed by atoms with Crippen LogP contribution >= 0.6 is 0 Å². The average Bonchev–Trinajstić information content (AvgIpc) is 2.15. The van der Waals surface area contributed by atoms with E-state index in [1.807, 2.05) is 38.4 Å². The molecule has 0 aliphatic heterocycles. The van der Waals surface area contributed by atoms with Gasteiger partial charge in [-0.1, -0.05) is 0 Å². The van der Waals surface area contributed by atoms with Crippen LogP contribution in [0.2, 0.25) is 0 Å². The van der Waals surface area contributed by atoms with Crippen molar-refractivity contribution < 1.29 is 4.74 Å². The van der Waals surface area contributed by atoms with Crippen LogP contribution in [0.15, 0.2) is 29.4 Å². The Kier molecular flexibility index (Phi) is 3.31. The Morgan fingerprint density at radius 1 is 1.23 bits per heavy atom. The van der Waals surface area contributed by atoms with Crippen molar-refractivity contribution in [2.45, 2.75) is 0 Å². The minimum Gasteiger partial charge on any atom is -0.497 e. The zero-order valence-corrected chi connectivity index (χ0v) is 8.19. The van der Waals surface area contributed by atoms with E-state index in [2.05, 4.69) is 5.10 Å². The Balaban J connectivity index is 2.69. The van der Waals surface area contributed by atoms with Crippen LogP contribution in [0.3, 0.4) is 0 Å². The molecule has 70 valence electrons. The summed E-state index contributed by atoms with van der Waals surface area (Å²) in [4.78, 5) is 0. The van der Waals surface area contributed by atoms with Gasteiger partial charge < -0.3 is 9.75 Å². The smallest absolute Gasteiger partial charge is 0.118 e. The standard InChI is InChI=1S/C10H14N2O/c1-12(2)11-8-9-4-6-10(13-3)7-5-9/h4-8H,1-3H3/b11-8-. The molecule has 1 aromatic carbocycles. The van der Waals surface area contributed by atoms with E-state index in [1.165, 1.54) is 0 Å². The third-order valence-electron chi connectivity index (χ3n) is 1.55. The number of nitrogens with zero attached hydrogens (tertiary/aromatic N) is 2. The molecule has 0 saturated heterocycles. The molecule has 0 aliphatic carbocycles. The maximum atomic E-state index is 5.04. The second-order valence-electron chi connectivity index (χ2n) is 2.86. The first-order valence-electron chi connectivity index (χ1n) is 4.08. The molecule has 1 aromatic rings. The Hall–Kier alpha value is -1.51. The van der Waals surface area contributed by atoms with Crippen LogP contribution < -0.4 is 4.74 Å². The zero-order chi connectivity index (χ0) is 9.68. The van der Waals surface area contributed by atoms with Crippen molar-refractivity contribution in [1.82, 2.24) is 5.01 Å². The molecule has 0 N–H and O–H groups in total. The molecule has 0 unspecified atom stereocenters. The minimum atomic E-state index is 0.863. The second-order valence-corrected chi connectivity index (χ2v) is 2.86. The molecular weight excluding hydrogens is 164 g/mol. The lowest BCUT2D eigenvalue weighted by atomic mass is 10.2. The molecule has 0 heterocycles. The van der Waals surface area contributed by atoms with Crippen LogP contribution in [0.5, 0.6) is 5.75 Å². The Labute approximate surface area is 78.6 Å². The van der Waals surface area contributed by atoms with Crippen molar-refractivity contribution in [3.8, 4) is 5.75 Å². The molecule has 0 spiro atoms. The summed E-state index contributed by atoms with van der Waals surface area (Å²) < 4.78 is 5.04. The fraction of sp³-hybridized carbons (Fsp3) is 0.300. The lowest BCUT2D eigenvalue weighted by Gasteiger charge is -2.02. The molecule has 0 amide bonds. The molecule has 0 atom stereocenters. The highest BCUT2D eigenvalue weighted by Gasteiger charge is 1.90. The van der Waals surface area contributed by atoms with Crippen LogP contribution in [0.1, 0.15) is 5.56 Å². The second kappa shape index (κ2) is 4.50. The van der Waals surface area contributed by atoms with Crippen LogP contribution in [0, 0.1) is 0 Å². The molecule has 0 aromatic heterocycles. The van der Waals surface area contributed by atoms with Gasteiger partial charge >= 0.3 is 0 Å². The van der Waals surface area contributed by atoms with Gasteiger partial charge in [-0.25, -0.2) is 0 Å². The fourth-order valence-corrected chi connectivity index (χ4v) is 0.872. The summed E-state index contributed by atoms with van der Waals surface area (Å²) >= 11 is 0. The van der Waals surface area contributed by atoms with Crippen molar-refractivity contribution in [3.63, 3.8) is 0 Å². The number of hydrazone groups is 1. The van der Waals surface area contributed by atoms with Crippen LogP contribution in [-0.4, -0.2) is 32.4 Å². The molecule has 1 rings (SSSR count). The maximum Gasteiger partial charge on any atom is 0.118 e. The Morgan fingerprint density at radius 3 is 2.31 bits per heavy atom. The highest BCUT2D eigenvalue weighted by Crippen LogP contribution is 2.09. The van der Waals surface area contributed by atoms with Crippen molar-refractivity contribution in [1.29, 1.82) is 0 Å². The summed E-state index contributed by atoms with van der Waals surface area (Å²) in [6.07, 6.45) is 1.80. The Bertz CT molecular complexity index is 277. The first kappa shape index (κ1) is 9.58. The Morgan fingerprint density at radius 2 is 1.85 bits per heavy atom. The minimum absolute atomic E-state index is 0.863. The van der Waals surface area contributed by atoms with E-state index in [9.17, 15) is 0 Å². The monoisotopic (exact) mass is 178 g/mol. The molecular formula is C10H14N2O. The summed E-state index contributed by atoms with van der Waals surface area (Å²) in [5, 5.41) is 5.87. The maximum absolute atomic E-state index is 5.04. The molecule has 13 heavy (non-hydrogen) atoms. The highest BCUT2D eigenvalue weighted by atomic mass is 16.5. The van der Waals surface area contributed by atoms with E-state index in [0.29, 0.717) is 0 Å². The fourth-order valence-electron chi connectivity index (χ4n) is 0.872. The zero-order valence-electron chi connectivity index (χ0n) is 8.19. The molecule has 0 saturated carbocycles. The number of hydrogen-bond donors (Lipinski definition) is 0. The van der Waals surface area contributed by atoms with Crippen molar-refractivity contribution in [3.05, 3.63) is 29.8 Å². The van der Waals surface area contributed by atoms with Gasteiger partial charge in [-0.2, -0.15) is 5.10 Å². The van der Waals surface area contributed by atoms with Gasteiger partial charge in [0.25, 0.3) is 0 Å². The summed E-state index contributed by atoms with van der Waals surface area (Å²) in [5.74, 6) is 0.863. The number of methoxy groups -OCH3 is 1. The SMILES string of the molecule is COc1ccc(/C=N\N(C)C)cc1. The average molecular weight is 178 g/mol. The van der Waals surface area contributed by atoms with E-state index in [4.69, 9.17) is 4.74 Å². The van der Waals surface area contributed by atoms with Crippen molar-refractivity contribution >= 4 is 6.21 Å². The lowest BCUT2D eigenvalue weighted by Crippen LogP contribution is -2.01. The van der Waals surface area contributed by atoms with Gasteiger partial charge in [0.05, 0.1) is 13.3 Å². The molecule has 0 radical (unpaired) electrons. The van der Waals surface area contributed by atoms with Crippen molar-refractivity contribution in [2.75, 3.05) is 21.2 Å². The lowest BCUT2D eigenvalue weighted by molar-refractivity contribution is 0.415. The van der Waals surface area contributed by atoms with E-state index in [0.717, 1.165) is 11.3 Å². The van der Waals surface area contributed by atoms with Crippen molar-refractivity contribution in [2.24, 2.45) is 5.10 Å². The van der Waals surface area contributed by atoms with E-state index >= 15 is 0 Å². The molecule has 0 aliphatic rings. The van der Waals surface area contributed by atoms with Gasteiger partial charge in [0.1, 0.15) is 5.75 Å². The number of rotatable bonds is 3. The van der Waals surface area contributed by atoms with Gasteiger partial charge in [0.2, 0.25) is 0 Å². The quantitative estimate of drug-likeness (QED) is 0.518. The number of hydrogen-bond acceptors (Lipinski definition) is 3. The predicted molar refractivity (Wildman–Crippen MR) is 54.3 cm³/mol. The molecule has 3 nitrogen and oxygen atoms in total. The van der Waals surface area contributed by atoms with Gasteiger partial charge in [0, 0.05) is 14.1 Å². The van der Waals surface area contributed by atoms with Crippen LogP contribution in [0.25, 0.3) is 0 Å². The van der Waals surface area contributed by atoms with Gasteiger partial charge in [-0.3, -0.25) is 0 Å². The first-order valence-corrected chi connectivity index (χ1v) is 4.08. The topological polar surface area (TPSA) is 24.8 Å². The van der Waals surface area contributed by atoms with Gasteiger partial charge in [0.15, 0.2) is 0 Å². The van der Waals surface area contributed by atoms with Crippen LogP contribution in [-0.2, 0) is 0 Å². The van der Waals surface area contributed by atoms with Gasteiger partial charge in [-0.05, 0) is 29.8 Å². The van der Waals surface area contributed by atoms with E-state index < -0.39 is 0 Å². The number of benzene rings is 1. The highest BCUT2D eigenvalue weighted by molar-refractivity contribution is 5.79. The number of ether oxygens (including phenoxy) is 1.